The number of nitrogens with one attached hydrogen (secondary N) is 1. The Morgan fingerprint density at radius 2 is 2.20 bits per heavy atom. The molecule has 20 heavy (non-hydrogen) atoms. The Labute approximate surface area is 118 Å². The van der Waals surface area contributed by atoms with Crippen molar-refractivity contribution in [3.63, 3.8) is 0 Å². The topological polar surface area (TPSA) is 67.2 Å². The summed E-state index contributed by atoms with van der Waals surface area (Å²) in [5.74, 6) is 0.349. The highest BCUT2D eigenvalue weighted by Gasteiger charge is 2.52. The van der Waals surface area contributed by atoms with Crippen molar-refractivity contribution in [1.29, 1.82) is 0 Å². The van der Waals surface area contributed by atoms with Crippen LogP contribution in [0, 0.1) is 5.92 Å². The largest absolute Gasteiger partial charge is 0.340 e. The summed E-state index contributed by atoms with van der Waals surface area (Å²) in [6, 6.07) is 0. The van der Waals surface area contributed by atoms with Gasteiger partial charge in [0.1, 0.15) is 5.54 Å². The van der Waals surface area contributed by atoms with Gasteiger partial charge in [-0.2, -0.15) is 0 Å². The van der Waals surface area contributed by atoms with Gasteiger partial charge in [-0.3, -0.25) is 9.59 Å². The third-order valence-corrected chi connectivity index (χ3v) is 4.26. The monoisotopic (exact) mass is 276 g/mol. The van der Waals surface area contributed by atoms with Crippen LogP contribution >= 0.6 is 0 Å². The van der Waals surface area contributed by atoms with Crippen molar-refractivity contribution in [3.05, 3.63) is 18.7 Å². The molecular weight excluding hydrogens is 256 g/mol. The molecule has 1 saturated carbocycles. The standard InChI is InChI=1S/C14H20N4O2/c1-14(11-3-4-11)13(20)18(9-12(19)16-14)7-2-6-17-8-5-15-10-17/h5,8,10-11H,2-4,6-7,9H2,1H3,(H,16,19). The van der Waals surface area contributed by atoms with E-state index in [1.165, 1.54) is 0 Å². The third kappa shape index (κ3) is 2.42. The highest BCUT2D eigenvalue weighted by atomic mass is 16.2. The maximum atomic E-state index is 12.6. The van der Waals surface area contributed by atoms with Gasteiger partial charge in [-0.05, 0) is 32.1 Å². The second-order valence-electron chi connectivity index (χ2n) is 5.91. The molecule has 1 aromatic heterocycles. The normalized spacial score (nSPS) is 26.8. The van der Waals surface area contributed by atoms with Crippen LogP contribution < -0.4 is 5.32 Å². The molecule has 1 N–H and O–H groups in total. The van der Waals surface area contributed by atoms with Crippen LogP contribution in [0.25, 0.3) is 0 Å². The molecule has 6 heteroatoms. The van der Waals surface area contributed by atoms with E-state index in [1.807, 2.05) is 17.7 Å². The number of carbonyl (C=O) groups is 2. The smallest absolute Gasteiger partial charge is 0.248 e. The van der Waals surface area contributed by atoms with E-state index in [0.29, 0.717) is 12.5 Å². The molecule has 1 saturated heterocycles. The minimum atomic E-state index is -0.676. The number of piperazine rings is 1. The summed E-state index contributed by atoms with van der Waals surface area (Å²) in [4.78, 5) is 30.1. The SMILES string of the molecule is CC1(C2CC2)NC(=O)CN(CCCn2ccnc2)C1=O. The van der Waals surface area contributed by atoms with E-state index in [4.69, 9.17) is 0 Å². The van der Waals surface area contributed by atoms with Gasteiger partial charge in [-0.25, -0.2) is 4.98 Å². The zero-order valence-electron chi connectivity index (χ0n) is 11.7. The quantitative estimate of drug-likeness (QED) is 0.846. The summed E-state index contributed by atoms with van der Waals surface area (Å²) in [5.41, 5.74) is -0.676. The Morgan fingerprint density at radius 3 is 2.85 bits per heavy atom. The molecule has 0 bridgehead atoms. The number of carbonyl (C=O) groups excluding carboxylic acids is 2. The molecule has 2 heterocycles. The number of nitrogens with zero attached hydrogens (tertiary/aromatic N) is 3. The van der Waals surface area contributed by atoms with E-state index in [2.05, 4.69) is 10.3 Å². The Morgan fingerprint density at radius 1 is 1.40 bits per heavy atom. The number of amides is 2. The molecule has 2 amide bonds. The summed E-state index contributed by atoms with van der Waals surface area (Å²) in [5, 5.41) is 2.89. The minimum absolute atomic E-state index is 0.0402. The molecule has 0 spiro atoms. The minimum Gasteiger partial charge on any atom is -0.340 e. The first-order valence-electron chi connectivity index (χ1n) is 7.16. The lowest BCUT2D eigenvalue weighted by Gasteiger charge is -2.40. The van der Waals surface area contributed by atoms with Gasteiger partial charge in [0.05, 0.1) is 12.9 Å². The lowest BCUT2D eigenvalue weighted by molar-refractivity contribution is -0.150. The summed E-state index contributed by atoms with van der Waals surface area (Å²) >= 11 is 0. The van der Waals surface area contributed by atoms with Crippen molar-refractivity contribution < 1.29 is 9.59 Å². The predicted octanol–water partition coefficient (Wildman–Crippen LogP) is 0.400. The molecule has 108 valence electrons. The van der Waals surface area contributed by atoms with Crippen molar-refractivity contribution >= 4 is 11.8 Å². The van der Waals surface area contributed by atoms with E-state index in [1.54, 1.807) is 17.4 Å². The summed E-state index contributed by atoms with van der Waals surface area (Å²) in [7, 11) is 0. The summed E-state index contributed by atoms with van der Waals surface area (Å²) in [6.45, 7) is 3.48. The van der Waals surface area contributed by atoms with E-state index in [-0.39, 0.29) is 18.4 Å². The van der Waals surface area contributed by atoms with Gasteiger partial charge in [0.15, 0.2) is 0 Å². The predicted molar refractivity (Wildman–Crippen MR) is 72.7 cm³/mol. The zero-order valence-corrected chi connectivity index (χ0v) is 11.7. The average Bonchev–Trinajstić information content (AvgIpc) is 3.15. The summed E-state index contributed by atoms with van der Waals surface area (Å²) < 4.78 is 1.98. The Balaban J connectivity index is 1.60. The highest BCUT2D eigenvalue weighted by molar-refractivity contribution is 5.98. The fourth-order valence-corrected chi connectivity index (χ4v) is 2.94. The number of hydrogen-bond donors (Lipinski definition) is 1. The molecule has 0 radical (unpaired) electrons. The van der Waals surface area contributed by atoms with Gasteiger partial charge in [-0.15, -0.1) is 0 Å². The zero-order chi connectivity index (χ0) is 14.2. The highest BCUT2D eigenvalue weighted by Crippen LogP contribution is 2.41. The van der Waals surface area contributed by atoms with Crippen LogP contribution in [0.1, 0.15) is 26.2 Å². The molecule has 1 aliphatic heterocycles. The van der Waals surface area contributed by atoms with Crippen molar-refractivity contribution in [2.75, 3.05) is 13.1 Å². The van der Waals surface area contributed by atoms with Crippen LogP contribution in [0.4, 0.5) is 0 Å². The molecular formula is C14H20N4O2. The summed E-state index contributed by atoms with van der Waals surface area (Å²) in [6.07, 6.45) is 8.30. The number of imidazole rings is 1. The molecule has 2 aliphatic rings. The maximum absolute atomic E-state index is 12.6. The van der Waals surface area contributed by atoms with Gasteiger partial charge in [0, 0.05) is 25.5 Å². The molecule has 0 aromatic carbocycles. The van der Waals surface area contributed by atoms with Crippen LogP contribution in [0.15, 0.2) is 18.7 Å². The van der Waals surface area contributed by atoms with Gasteiger partial charge in [-0.1, -0.05) is 0 Å². The van der Waals surface area contributed by atoms with Crippen LogP contribution in [-0.4, -0.2) is 44.9 Å². The Hall–Kier alpha value is -1.85. The molecule has 3 rings (SSSR count). The second-order valence-corrected chi connectivity index (χ2v) is 5.91. The Kier molecular flexibility index (Phi) is 3.23. The first-order valence-corrected chi connectivity index (χ1v) is 7.16. The molecule has 1 unspecified atom stereocenters. The molecule has 1 atom stereocenters. The van der Waals surface area contributed by atoms with E-state index >= 15 is 0 Å². The van der Waals surface area contributed by atoms with E-state index < -0.39 is 5.54 Å². The fraction of sp³-hybridized carbons (Fsp3) is 0.643. The lowest BCUT2D eigenvalue weighted by atomic mass is 9.91. The molecule has 1 aliphatic carbocycles. The number of aromatic nitrogens is 2. The van der Waals surface area contributed by atoms with E-state index in [9.17, 15) is 9.59 Å². The molecule has 6 nitrogen and oxygen atoms in total. The average molecular weight is 276 g/mol. The number of aryl methyl sites for hydroxylation is 1. The number of rotatable bonds is 5. The van der Waals surface area contributed by atoms with Gasteiger partial charge in [0.25, 0.3) is 0 Å². The molecule has 2 fully saturated rings. The van der Waals surface area contributed by atoms with Gasteiger partial charge < -0.3 is 14.8 Å². The molecule has 1 aromatic rings. The first kappa shape index (κ1) is 13.1. The van der Waals surface area contributed by atoms with Crippen LogP contribution in [0.5, 0.6) is 0 Å². The van der Waals surface area contributed by atoms with Crippen molar-refractivity contribution in [2.45, 2.75) is 38.3 Å². The van der Waals surface area contributed by atoms with Crippen molar-refractivity contribution in [1.82, 2.24) is 19.8 Å². The van der Waals surface area contributed by atoms with Crippen LogP contribution in [0.3, 0.4) is 0 Å². The number of hydrogen-bond acceptors (Lipinski definition) is 3. The lowest BCUT2D eigenvalue weighted by Crippen LogP contribution is -2.66. The first-order chi connectivity index (χ1) is 9.59. The second kappa shape index (κ2) is 4.92. The van der Waals surface area contributed by atoms with Crippen molar-refractivity contribution in [3.8, 4) is 0 Å². The van der Waals surface area contributed by atoms with Crippen LogP contribution in [0.2, 0.25) is 0 Å². The van der Waals surface area contributed by atoms with Crippen LogP contribution in [-0.2, 0) is 16.1 Å². The third-order valence-electron chi connectivity index (χ3n) is 4.26. The van der Waals surface area contributed by atoms with Gasteiger partial charge >= 0.3 is 0 Å². The maximum Gasteiger partial charge on any atom is 0.248 e. The Bertz CT molecular complexity index is 509. The van der Waals surface area contributed by atoms with Gasteiger partial charge in [0.2, 0.25) is 11.8 Å². The van der Waals surface area contributed by atoms with E-state index in [0.717, 1.165) is 25.8 Å². The fourth-order valence-electron chi connectivity index (χ4n) is 2.94. The van der Waals surface area contributed by atoms with Crippen molar-refractivity contribution in [2.24, 2.45) is 5.92 Å².